The number of halogens is 3. The minimum absolute atomic E-state index is 0.000437. The van der Waals surface area contributed by atoms with E-state index < -0.39 is 11.6 Å². The third-order valence-corrected chi connectivity index (χ3v) is 3.47. The molecule has 0 saturated carbocycles. The van der Waals surface area contributed by atoms with E-state index in [1.54, 1.807) is 6.07 Å². The lowest BCUT2D eigenvalue weighted by molar-refractivity contribution is 0.603. The van der Waals surface area contributed by atoms with E-state index >= 15 is 0 Å². The molecule has 0 spiro atoms. The van der Waals surface area contributed by atoms with Crippen molar-refractivity contribution in [2.75, 3.05) is 5.32 Å². The highest BCUT2D eigenvalue weighted by atomic mass is 32.1. The summed E-state index contributed by atoms with van der Waals surface area (Å²) >= 11 is 1.24. The van der Waals surface area contributed by atoms with Crippen LogP contribution in [-0.4, -0.2) is 4.98 Å². The zero-order chi connectivity index (χ0) is 13.4. The van der Waals surface area contributed by atoms with Gasteiger partial charge in [-0.2, -0.15) is 0 Å². The molecule has 2 aromatic carbocycles. The van der Waals surface area contributed by atoms with Crippen LogP contribution in [0, 0.1) is 17.5 Å². The molecule has 1 aromatic heterocycles. The molecule has 0 atom stereocenters. The van der Waals surface area contributed by atoms with Gasteiger partial charge in [-0.15, -0.1) is 0 Å². The van der Waals surface area contributed by atoms with Gasteiger partial charge in [0.1, 0.15) is 17.5 Å². The van der Waals surface area contributed by atoms with Crippen molar-refractivity contribution in [1.82, 2.24) is 4.98 Å². The van der Waals surface area contributed by atoms with Crippen LogP contribution in [0.5, 0.6) is 0 Å². The smallest absolute Gasteiger partial charge is 0.188 e. The van der Waals surface area contributed by atoms with Crippen LogP contribution in [0.1, 0.15) is 0 Å². The number of benzene rings is 2. The van der Waals surface area contributed by atoms with Gasteiger partial charge in [-0.3, -0.25) is 0 Å². The minimum Gasteiger partial charge on any atom is -0.329 e. The molecule has 3 rings (SSSR count). The lowest BCUT2D eigenvalue weighted by atomic mass is 10.3. The molecule has 6 heteroatoms. The number of fused-ring (bicyclic) bond motifs is 1. The Morgan fingerprint density at radius 1 is 0.947 bits per heavy atom. The Balaban J connectivity index is 1.98. The lowest BCUT2D eigenvalue weighted by Crippen LogP contribution is -1.93. The number of thiazole rings is 1. The van der Waals surface area contributed by atoms with Gasteiger partial charge in [-0.05, 0) is 24.3 Å². The first-order chi connectivity index (χ1) is 9.11. The van der Waals surface area contributed by atoms with Crippen LogP contribution in [-0.2, 0) is 0 Å². The van der Waals surface area contributed by atoms with Gasteiger partial charge in [-0.25, -0.2) is 18.2 Å². The molecular weight excluding hydrogens is 273 g/mol. The first kappa shape index (κ1) is 12.0. The zero-order valence-corrected chi connectivity index (χ0v) is 10.3. The van der Waals surface area contributed by atoms with Crippen molar-refractivity contribution < 1.29 is 13.2 Å². The molecule has 0 fully saturated rings. The zero-order valence-electron chi connectivity index (χ0n) is 9.45. The monoisotopic (exact) mass is 280 g/mol. The van der Waals surface area contributed by atoms with Gasteiger partial charge in [0.05, 0.1) is 15.9 Å². The van der Waals surface area contributed by atoms with Crippen LogP contribution in [0.3, 0.4) is 0 Å². The summed E-state index contributed by atoms with van der Waals surface area (Å²) in [6.07, 6.45) is 0. The van der Waals surface area contributed by atoms with E-state index in [4.69, 9.17) is 0 Å². The molecule has 0 amide bonds. The van der Waals surface area contributed by atoms with Crippen LogP contribution < -0.4 is 5.32 Å². The Hall–Kier alpha value is -2.08. The van der Waals surface area contributed by atoms with E-state index in [0.717, 1.165) is 22.9 Å². The third kappa shape index (κ3) is 2.39. The van der Waals surface area contributed by atoms with Crippen molar-refractivity contribution >= 4 is 32.4 Å². The van der Waals surface area contributed by atoms with Gasteiger partial charge in [0, 0.05) is 12.1 Å². The van der Waals surface area contributed by atoms with Crippen LogP contribution in [0.25, 0.3) is 10.2 Å². The molecule has 19 heavy (non-hydrogen) atoms. The van der Waals surface area contributed by atoms with Crippen LogP contribution >= 0.6 is 11.3 Å². The number of rotatable bonds is 2. The summed E-state index contributed by atoms with van der Waals surface area (Å²) in [5.41, 5.74) is 0.476. The van der Waals surface area contributed by atoms with E-state index in [1.807, 2.05) is 0 Å². The number of nitrogens with one attached hydrogen (secondary N) is 1. The average Bonchev–Trinajstić information content (AvgIpc) is 2.75. The second kappa shape index (κ2) is 4.55. The Bertz CT molecular complexity index is 755. The standard InChI is InChI=1S/C13H7F3N2S/c14-7-1-3-9(16)10(5-7)17-13-18-11-6-8(15)2-4-12(11)19-13/h1-6H,(H,17,18). The molecular formula is C13H7F3N2S. The predicted octanol–water partition coefficient (Wildman–Crippen LogP) is 4.46. The van der Waals surface area contributed by atoms with E-state index in [1.165, 1.54) is 23.5 Å². The molecule has 0 unspecified atom stereocenters. The largest absolute Gasteiger partial charge is 0.329 e. The SMILES string of the molecule is Fc1ccc(F)c(Nc2nc3cc(F)ccc3s2)c1. The summed E-state index contributed by atoms with van der Waals surface area (Å²) in [5, 5.41) is 3.07. The molecule has 2 nitrogen and oxygen atoms in total. The molecule has 0 saturated heterocycles. The number of aromatic nitrogens is 1. The van der Waals surface area contributed by atoms with Crippen molar-refractivity contribution in [2.45, 2.75) is 0 Å². The second-order valence-electron chi connectivity index (χ2n) is 3.88. The topological polar surface area (TPSA) is 24.9 Å². The molecule has 0 aliphatic rings. The fourth-order valence-electron chi connectivity index (χ4n) is 1.66. The molecule has 3 aromatic rings. The normalized spacial score (nSPS) is 10.9. The fourth-order valence-corrected chi connectivity index (χ4v) is 2.52. The van der Waals surface area contributed by atoms with Crippen LogP contribution in [0.2, 0.25) is 0 Å². The molecule has 1 heterocycles. The van der Waals surface area contributed by atoms with Crippen molar-refractivity contribution in [1.29, 1.82) is 0 Å². The highest BCUT2D eigenvalue weighted by Gasteiger charge is 2.08. The summed E-state index contributed by atoms with van der Waals surface area (Å²) in [5.74, 6) is -1.51. The van der Waals surface area contributed by atoms with Gasteiger partial charge in [0.15, 0.2) is 5.13 Å². The molecule has 96 valence electrons. The minimum atomic E-state index is -0.577. The van der Waals surface area contributed by atoms with E-state index in [2.05, 4.69) is 10.3 Å². The molecule has 0 aliphatic heterocycles. The van der Waals surface area contributed by atoms with Gasteiger partial charge in [0.25, 0.3) is 0 Å². The van der Waals surface area contributed by atoms with Gasteiger partial charge in [-0.1, -0.05) is 11.3 Å². The number of hydrogen-bond donors (Lipinski definition) is 1. The summed E-state index contributed by atoms with van der Waals surface area (Å²) in [6.45, 7) is 0. The Morgan fingerprint density at radius 2 is 1.68 bits per heavy atom. The highest BCUT2D eigenvalue weighted by Crippen LogP contribution is 2.29. The fraction of sp³-hybridized carbons (Fsp3) is 0. The van der Waals surface area contributed by atoms with E-state index in [0.29, 0.717) is 10.6 Å². The maximum Gasteiger partial charge on any atom is 0.188 e. The average molecular weight is 280 g/mol. The van der Waals surface area contributed by atoms with Gasteiger partial charge in [0.2, 0.25) is 0 Å². The van der Waals surface area contributed by atoms with Gasteiger partial charge >= 0.3 is 0 Å². The lowest BCUT2D eigenvalue weighted by Gasteiger charge is -2.03. The molecule has 0 bridgehead atoms. The molecule has 0 aliphatic carbocycles. The molecule has 0 radical (unpaired) electrons. The van der Waals surface area contributed by atoms with Crippen molar-refractivity contribution in [3.05, 3.63) is 53.8 Å². The Morgan fingerprint density at radius 3 is 2.53 bits per heavy atom. The van der Waals surface area contributed by atoms with Crippen molar-refractivity contribution in [3.8, 4) is 0 Å². The van der Waals surface area contributed by atoms with Crippen molar-refractivity contribution in [3.63, 3.8) is 0 Å². The maximum atomic E-state index is 13.5. The first-order valence-corrected chi connectivity index (χ1v) is 6.21. The highest BCUT2D eigenvalue weighted by molar-refractivity contribution is 7.22. The van der Waals surface area contributed by atoms with E-state index in [9.17, 15) is 13.2 Å². The summed E-state index contributed by atoms with van der Waals surface area (Å²) < 4.78 is 40.3. The quantitative estimate of drug-likeness (QED) is 0.749. The van der Waals surface area contributed by atoms with Crippen molar-refractivity contribution in [2.24, 2.45) is 0 Å². The summed E-state index contributed by atoms with van der Waals surface area (Å²) in [7, 11) is 0. The number of anilines is 2. The third-order valence-electron chi connectivity index (χ3n) is 2.52. The summed E-state index contributed by atoms with van der Waals surface area (Å²) in [4.78, 5) is 4.12. The van der Waals surface area contributed by atoms with Gasteiger partial charge < -0.3 is 5.32 Å². The van der Waals surface area contributed by atoms with E-state index in [-0.39, 0.29) is 11.5 Å². The Kier molecular flexibility index (Phi) is 2.87. The summed E-state index contributed by atoms with van der Waals surface area (Å²) in [6, 6.07) is 7.32. The maximum absolute atomic E-state index is 13.5. The first-order valence-electron chi connectivity index (χ1n) is 5.40. The van der Waals surface area contributed by atoms with Crippen LogP contribution in [0.4, 0.5) is 24.0 Å². The molecule has 1 N–H and O–H groups in total. The number of hydrogen-bond acceptors (Lipinski definition) is 3. The second-order valence-corrected chi connectivity index (χ2v) is 4.91. The predicted molar refractivity (Wildman–Crippen MR) is 69.2 cm³/mol. The number of nitrogens with zero attached hydrogens (tertiary/aromatic N) is 1. The van der Waals surface area contributed by atoms with Crippen LogP contribution in [0.15, 0.2) is 36.4 Å². The Labute approximate surface area is 110 Å².